The van der Waals surface area contributed by atoms with E-state index in [1.807, 2.05) is 0 Å². The molecule has 0 rings (SSSR count). The molecular formula is C12H28N2. The molecule has 0 aliphatic heterocycles. The lowest BCUT2D eigenvalue weighted by molar-refractivity contribution is 0.366. The van der Waals surface area contributed by atoms with Gasteiger partial charge in [0, 0.05) is 0 Å². The van der Waals surface area contributed by atoms with Gasteiger partial charge < -0.3 is 11.1 Å². The van der Waals surface area contributed by atoms with E-state index in [1.54, 1.807) is 0 Å². The summed E-state index contributed by atoms with van der Waals surface area (Å²) in [6, 6.07) is 0. The first-order valence-corrected chi connectivity index (χ1v) is 5.97. The van der Waals surface area contributed by atoms with Gasteiger partial charge in [0.1, 0.15) is 0 Å². The van der Waals surface area contributed by atoms with Gasteiger partial charge in [-0.25, -0.2) is 0 Å². The lowest BCUT2D eigenvalue weighted by Crippen LogP contribution is -2.21. The van der Waals surface area contributed by atoms with Crippen LogP contribution >= 0.6 is 0 Å². The molecule has 14 heavy (non-hydrogen) atoms. The van der Waals surface area contributed by atoms with Gasteiger partial charge in [0.15, 0.2) is 0 Å². The number of nitrogens with one attached hydrogen (secondary N) is 1. The average molecular weight is 200 g/mol. The Bertz CT molecular complexity index is 116. The molecule has 0 spiro atoms. The summed E-state index contributed by atoms with van der Waals surface area (Å²) in [4.78, 5) is 0. The first-order chi connectivity index (χ1) is 6.56. The Hall–Kier alpha value is -0.0800. The molecule has 0 atom stereocenters. The van der Waals surface area contributed by atoms with E-state index in [0.29, 0.717) is 5.41 Å². The van der Waals surface area contributed by atoms with Crippen LogP contribution in [0.1, 0.15) is 52.9 Å². The van der Waals surface area contributed by atoms with Crippen molar-refractivity contribution in [1.82, 2.24) is 5.32 Å². The maximum absolute atomic E-state index is 5.42. The van der Waals surface area contributed by atoms with Crippen molar-refractivity contribution < 1.29 is 0 Å². The van der Waals surface area contributed by atoms with Crippen LogP contribution in [0.4, 0.5) is 0 Å². The van der Waals surface area contributed by atoms with E-state index in [2.05, 4.69) is 26.1 Å². The Kier molecular flexibility index (Phi) is 8.20. The molecule has 2 nitrogen and oxygen atoms in total. The normalized spacial score (nSPS) is 12.0. The van der Waals surface area contributed by atoms with Gasteiger partial charge in [-0.2, -0.15) is 0 Å². The summed E-state index contributed by atoms with van der Waals surface area (Å²) in [5.41, 5.74) is 5.89. The molecular weight excluding hydrogens is 172 g/mol. The molecule has 0 aliphatic carbocycles. The van der Waals surface area contributed by atoms with Gasteiger partial charge in [0.25, 0.3) is 0 Å². The van der Waals surface area contributed by atoms with Crippen molar-refractivity contribution in [1.29, 1.82) is 0 Å². The van der Waals surface area contributed by atoms with Gasteiger partial charge in [-0.15, -0.1) is 0 Å². The number of rotatable bonds is 8. The van der Waals surface area contributed by atoms with Crippen LogP contribution in [0.2, 0.25) is 0 Å². The highest BCUT2D eigenvalue weighted by Crippen LogP contribution is 2.16. The highest BCUT2D eigenvalue weighted by molar-refractivity contribution is 4.62. The fraction of sp³-hybridized carbons (Fsp3) is 1.00. The van der Waals surface area contributed by atoms with Gasteiger partial charge in [-0.1, -0.05) is 33.6 Å². The minimum absolute atomic E-state index is 0.465. The van der Waals surface area contributed by atoms with Crippen molar-refractivity contribution in [2.24, 2.45) is 11.1 Å². The monoisotopic (exact) mass is 200 g/mol. The molecule has 0 aliphatic rings. The SMILES string of the molecule is CC(C)(C)CCNCCCCCCN. The summed E-state index contributed by atoms with van der Waals surface area (Å²) >= 11 is 0. The zero-order valence-electron chi connectivity index (χ0n) is 10.2. The lowest BCUT2D eigenvalue weighted by atomic mass is 9.92. The predicted octanol–water partition coefficient (Wildman–Crippen LogP) is 2.53. The highest BCUT2D eigenvalue weighted by atomic mass is 14.8. The minimum Gasteiger partial charge on any atom is -0.330 e. The molecule has 3 N–H and O–H groups in total. The van der Waals surface area contributed by atoms with Gasteiger partial charge in [0.2, 0.25) is 0 Å². The van der Waals surface area contributed by atoms with E-state index < -0.39 is 0 Å². The third-order valence-electron chi connectivity index (χ3n) is 2.36. The third-order valence-corrected chi connectivity index (χ3v) is 2.36. The highest BCUT2D eigenvalue weighted by Gasteiger charge is 2.08. The maximum Gasteiger partial charge on any atom is -0.00439 e. The molecule has 0 saturated carbocycles. The van der Waals surface area contributed by atoms with Crippen LogP contribution in [0.5, 0.6) is 0 Å². The van der Waals surface area contributed by atoms with E-state index in [1.165, 1.54) is 38.6 Å². The number of hydrogen-bond acceptors (Lipinski definition) is 2. The molecule has 0 heterocycles. The average Bonchev–Trinajstić information content (AvgIpc) is 2.08. The Balaban J connectivity index is 2.99. The molecule has 0 amide bonds. The predicted molar refractivity (Wildman–Crippen MR) is 64.5 cm³/mol. The molecule has 0 aromatic heterocycles. The van der Waals surface area contributed by atoms with E-state index in [-0.39, 0.29) is 0 Å². The summed E-state index contributed by atoms with van der Waals surface area (Å²) in [5, 5.41) is 3.49. The van der Waals surface area contributed by atoms with Crippen LogP contribution in [-0.4, -0.2) is 19.6 Å². The Morgan fingerprint density at radius 2 is 1.57 bits per heavy atom. The zero-order chi connectivity index (χ0) is 10.9. The van der Waals surface area contributed by atoms with Crippen molar-refractivity contribution in [3.05, 3.63) is 0 Å². The van der Waals surface area contributed by atoms with Gasteiger partial charge in [0.05, 0.1) is 0 Å². The van der Waals surface area contributed by atoms with Crippen molar-refractivity contribution >= 4 is 0 Å². The summed E-state index contributed by atoms with van der Waals surface area (Å²) in [6.07, 6.45) is 6.35. The molecule has 0 radical (unpaired) electrons. The molecule has 0 aromatic rings. The van der Waals surface area contributed by atoms with Crippen molar-refractivity contribution in [3.8, 4) is 0 Å². The first kappa shape index (κ1) is 13.9. The van der Waals surface area contributed by atoms with Crippen molar-refractivity contribution in [2.45, 2.75) is 52.9 Å². The van der Waals surface area contributed by atoms with Crippen LogP contribution in [0.3, 0.4) is 0 Å². The maximum atomic E-state index is 5.42. The lowest BCUT2D eigenvalue weighted by Gasteiger charge is -2.17. The molecule has 0 unspecified atom stereocenters. The van der Waals surface area contributed by atoms with Crippen LogP contribution in [0.15, 0.2) is 0 Å². The fourth-order valence-electron chi connectivity index (χ4n) is 1.34. The van der Waals surface area contributed by atoms with E-state index in [4.69, 9.17) is 5.73 Å². The minimum atomic E-state index is 0.465. The van der Waals surface area contributed by atoms with E-state index in [0.717, 1.165) is 13.1 Å². The summed E-state index contributed by atoms with van der Waals surface area (Å²) in [7, 11) is 0. The van der Waals surface area contributed by atoms with Gasteiger partial charge >= 0.3 is 0 Å². The second-order valence-electron chi connectivity index (χ2n) is 5.26. The van der Waals surface area contributed by atoms with Gasteiger partial charge in [-0.05, 0) is 44.3 Å². The van der Waals surface area contributed by atoms with Crippen molar-refractivity contribution in [2.75, 3.05) is 19.6 Å². The van der Waals surface area contributed by atoms with Crippen LogP contribution in [0.25, 0.3) is 0 Å². The topological polar surface area (TPSA) is 38.0 Å². The summed E-state index contributed by atoms with van der Waals surface area (Å²) < 4.78 is 0. The largest absolute Gasteiger partial charge is 0.330 e. The second-order valence-corrected chi connectivity index (χ2v) is 5.26. The molecule has 0 bridgehead atoms. The Labute approximate surface area is 89.6 Å². The number of hydrogen-bond donors (Lipinski definition) is 2. The molecule has 0 fully saturated rings. The summed E-state index contributed by atoms with van der Waals surface area (Å²) in [5.74, 6) is 0. The zero-order valence-corrected chi connectivity index (χ0v) is 10.2. The quantitative estimate of drug-likeness (QED) is 0.591. The van der Waals surface area contributed by atoms with Gasteiger partial charge in [-0.3, -0.25) is 0 Å². The molecule has 0 saturated heterocycles. The molecule has 0 aromatic carbocycles. The Morgan fingerprint density at radius 1 is 0.929 bits per heavy atom. The third kappa shape index (κ3) is 11.9. The van der Waals surface area contributed by atoms with Crippen LogP contribution in [-0.2, 0) is 0 Å². The van der Waals surface area contributed by atoms with Crippen LogP contribution < -0.4 is 11.1 Å². The number of nitrogens with two attached hydrogens (primary N) is 1. The van der Waals surface area contributed by atoms with E-state index in [9.17, 15) is 0 Å². The fourth-order valence-corrected chi connectivity index (χ4v) is 1.34. The Morgan fingerprint density at radius 3 is 2.14 bits per heavy atom. The standard InChI is InChI=1S/C12H28N2/c1-12(2,3)8-11-14-10-7-5-4-6-9-13/h14H,4-11,13H2,1-3H3. The second kappa shape index (κ2) is 8.25. The number of unbranched alkanes of at least 4 members (excludes halogenated alkanes) is 3. The van der Waals surface area contributed by atoms with Crippen molar-refractivity contribution in [3.63, 3.8) is 0 Å². The first-order valence-electron chi connectivity index (χ1n) is 5.97. The molecule has 2 heteroatoms. The van der Waals surface area contributed by atoms with E-state index >= 15 is 0 Å². The molecule has 86 valence electrons. The summed E-state index contributed by atoms with van der Waals surface area (Å²) in [6.45, 7) is 10.0. The smallest absolute Gasteiger partial charge is 0.00439 e. The van der Waals surface area contributed by atoms with Crippen LogP contribution in [0, 0.1) is 5.41 Å².